The molecule has 0 spiro atoms. The number of hydrogen-bond acceptors (Lipinski definition) is 4. The Hall–Kier alpha value is -2.58. The number of sulfonamides is 1. The molecule has 0 aliphatic carbocycles. The average Bonchev–Trinajstić information content (AvgIpc) is 2.79. The van der Waals surface area contributed by atoms with Crippen LogP contribution in [0.4, 0.5) is 5.69 Å². The van der Waals surface area contributed by atoms with E-state index in [1.165, 1.54) is 11.0 Å². The first-order chi connectivity index (χ1) is 16.0. The summed E-state index contributed by atoms with van der Waals surface area (Å²) in [6, 6.07) is 13.8. The highest BCUT2D eigenvalue weighted by atomic mass is 35.5. The van der Waals surface area contributed by atoms with Crippen molar-refractivity contribution in [3.8, 4) is 0 Å². The number of carbonyl (C=O) groups is 2. The molecule has 34 heavy (non-hydrogen) atoms. The Morgan fingerprint density at radius 2 is 1.79 bits per heavy atom. The molecule has 0 radical (unpaired) electrons. The molecule has 2 aromatic carbocycles. The van der Waals surface area contributed by atoms with Gasteiger partial charge in [0.15, 0.2) is 0 Å². The van der Waals surface area contributed by atoms with E-state index in [1.54, 1.807) is 26.0 Å². The van der Waals surface area contributed by atoms with E-state index >= 15 is 0 Å². The first-order valence-corrected chi connectivity index (χ1v) is 13.6. The van der Waals surface area contributed by atoms with Gasteiger partial charge in [-0.3, -0.25) is 13.9 Å². The molecule has 186 valence electrons. The number of nitrogens with zero attached hydrogens (tertiary/aromatic N) is 2. The maximum Gasteiger partial charge on any atom is 0.244 e. The van der Waals surface area contributed by atoms with Crippen LogP contribution in [0.2, 0.25) is 5.02 Å². The topological polar surface area (TPSA) is 86.8 Å². The summed E-state index contributed by atoms with van der Waals surface area (Å²) in [5.74, 6) is -0.724. The quantitative estimate of drug-likeness (QED) is 0.443. The van der Waals surface area contributed by atoms with Crippen LogP contribution in [-0.2, 0) is 26.0 Å². The van der Waals surface area contributed by atoms with Crippen molar-refractivity contribution in [1.82, 2.24) is 10.2 Å². The summed E-state index contributed by atoms with van der Waals surface area (Å²) in [6.07, 6.45) is 3.37. The number of unbranched alkanes of at least 4 members (excludes halogenated alkanes) is 1. The van der Waals surface area contributed by atoms with Gasteiger partial charge in [-0.25, -0.2) is 8.42 Å². The van der Waals surface area contributed by atoms with Gasteiger partial charge in [0.05, 0.1) is 11.9 Å². The molecule has 0 fully saturated rings. The van der Waals surface area contributed by atoms with Crippen molar-refractivity contribution in [2.75, 3.05) is 30.2 Å². The third kappa shape index (κ3) is 8.02. The zero-order chi connectivity index (χ0) is 25.3. The minimum Gasteiger partial charge on any atom is -0.354 e. The standard InChI is InChI=1S/C25H34ClN3O4S/c1-5-6-15-27-25(31)20(3)28(16-14-21-10-8-7-9-11-21)24(30)18-29(34(4,32)33)23-17-22(26)13-12-19(23)2/h7-13,17,20H,5-6,14-16,18H2,1-4H3,(H,27,31)/t20-/m0/s1. The molecule has 0 saturated heterocycles. The zero-order valence-electron chi connectivity index (χ0n) is 20.3. The van der Waals surface area contributed by atoms with Crippen LogP contribution in [0.5, 0.6) is 0 Å². The molecule has 0 bridgehead atoms. The predicted octanol–water partition coefficient (Wildman–Crippen LogP) is 3.79. The van der Waals surface area contributed by atoms with E-state index in [9.17, 15) is 18.0 Å². The smallest absolute Gasteiger partial charge is 0.244 e. The minimum atomic E-state index is -3.79. The molecule has 7 nitrogen and oxygen atoms in total. The van der Waals surface area contributed by atoms with Crippen LogP contribution in [0.3, 0.4) is 0 Å². The van der Waals surface area contributed by atoms with Crippen LogP contribution in [0, 0.1) is 6.92 Å². The number of nitrogens with one attached hydrogen (secondary N) is 1. The van der Waals surface area contributed by atoms with E-state index in [-0.39, 0.29) is 12.5 Å². The zero-order valence-corrected chi connectivity index (χ0v) is 21.8. The third-order valence-corrected chi connectivity index (χ3v) is 6.96. The van der Waals surface area contributed by atoms with Gasteiger partial charge in [0.1, 0.15) is 12.6 Å². The lowest BCUT2D eigenvalue weighted by molar-refractivity contribution is -0.138. The van der Waals surface area contributed by atoms with Crippen LogP contribution in [0.15, 0.2) is 48.5 Å². The van der Waals surface area contributed by atoms with Crippen molar-refractivity contribution in [3.05, 3.63) is 64.7 Å². The molecule has 2 amide bonds. The Labute approximate surface area is 208 Å². The number of halogens is 1. The maximum atomic E-state index is 13.5. The lowest BCUT2D eigenvalue weighted by Crippen LogP contribution is -2.52. The molecule has 0 aliphatic rings. The molecule has 0 aromatic heterocycles. The first-order valence-electron chi connectivity index (χ1n) is 11.4. The summed E-state index contributed by atoms with van der Waals surface area (Å²) in [7, 11) is -3.79. The highest BCUT2D eigenvalue weighted by molar-refractivity contribution is 7.92. The molecule has 0 aliphatic heterocycles. The normalized spacial score (nSPS) is 12.1. The van der Waals surface area contributed by atoms with E-state index in [4.69, 9.17) is 11.6 Å². The van der Waals surface area contributed by atoms with Gasteiger partial charge in [0.25, 0.3) is 0 Å². The third-order valence-electron chi connectivity index (χ3n) is 5.60. The van der Waals surface area contributed by atoms with Gasteiger partial charge < -0.3 is 10.2 Å². The minimum absolute atomic E-state index is 0.264. The highest BCUT2D eigenvalue weighted by Crippen LogP contribution is 2.26. The molecular weight excluding hydrogens is 474 g/mol. The Kier molecular flexibility index (Phi) is 10.4. The van der Waals surface area contributed by atoms with Gasteiger partial charge in [0.2, 0.25) is 21.8 Å². The van der Waals surface area contributed by atoms with Gasteiger partial charge in [-0.2, -0.15) is 0 Å². The number of benzene rings is 2. The SMILES string of the molecule is CCCCNC(=O)[C@H](C)N(CCc1ccccc1)C(=O)CN(c1cc(Cl)ccc1C)S(C)(=O)=O. The molecule has 1 atom stereocenters. The summed E-state index contributed by atoms with van der Waals surface area (Å²) < 4.78 is 26.3. The van der Waals surface area contributed by atoms with E-state index in [0.717, 1.165) is 29.0 Å². The second-order valence-electron chi connectivity index (χ2n) is 8.34. The van der Waals surface area contributed by atoms with Crippen molar-refractivity contribution in [3.63, 3.8) is 0 Å². The molecule has 0 saturated carbocycles. The van der Waals surface area contributed by atoms with Crippen molar-refractivity contribution >= 4 is 39.1 Å². The molecule has 0 heterocycles. The van der Waals surface area contributed by atoms with E-state index in [2.05, 4.69) is 5.32 Å². The van der Waals surface area contributed by atoms with Crippen molar-refractivity contribution < 1.29 is 18.0 Å². The molecular formula is C25H34ClN3O4S. The number of carbonyl (C=O) groups excluding carboxylic acids is 2. The van der Waals surface area contributed by atoms with Gasteiger partial charge in [-0.05, 0) is 49.9 Å². The van der Waals surface area contributed by atoms with Crippen LogP contribution < -0.4 is 9.62 Å². The maximum absolute atomic E-state index is 13.5. The Morgan fingerprint density at radius 3 is 2.41 bits per heavy atom. The lowest BCUT2D eigenvalue weighted by Gasteiger charge is -2.32. The fraction of sp³-hybridized carbons (Fsp3) is 0.440. The Morgan fingerprint density at radius 1 is 1.12 bits per heavy atom. The predicted molar refractivity (Wildman–Crippen MR) is 138 cm³/mol. The largest absolute Gasteiger partial charge is 0.354 e. The van der Waals surface area contributed by atoms with Crippen LogP contribution >= 0.6 is 11.6 Å². The molecule has 9 heteroatoms. The summed E-state index contributed by atoms with van der Waals surface area (Å²) in [4.78, 5) is 27.7. The summed E-state index contributed by atoms with van der Waals surface area (Å²) in [5.41, 5.74) is 2.03. The Bertz CT molecular complexity index is 1080. The summed E-state index contributed by atoms with van der Waals surface area (Å²) in [5, 5.41) is 3.23. The fourth-order valence-corrected chi connectivity index (χ4v) is 4.62. The highest BCUT2D eigenvalue weighted by Gasteiger charge is 2.30. The number of hydrogen-bond donors (Lipinski definition) is 1. The molecule has 2 aromatic rings. The fourth-order valence-electron chi connectivity index (χ4n) is 3.55. The Balaban J connectivity index is 2.31. The second kappa shape index (κ2) is 12.8. The number of amides is 2. The average molecular weight is 508 g/mol. The van der Waals surface area contributed by atoms with Crippen molar-refractivity contribution in [2.24, 2.45) is 0 Å². The van der Waals surface area contributed by atoms with Crippen molar-refractivity contribution in [2.45, 2.75) is 46.1 Å². The van der Waals surface area contributed by atoms with Gasteiger partial charge >= 0.3 is 0 Å². The van der Waals surface area contributed by atoms with Crippen LogP contribution in [0.1, 0.15) is 37.8 Å². The molecule has 0 unspecified atom stereocenters. The van der Waals surface area contributed by atoms with E-state index < -0.39 is 28.5 Å². The second-order valence-corrected chi connectivity index (χ2v) is 10.7. The van der Waals surface area contributed by atoms with Crippen LogP contribution in [0.25, 0.3) is 0 Å². The summed E-state index contributed by atoms with van der Waals surface area (Å²) in [6.45, 7) is 5.82. The monoisotopic (exact) mass is 507 g/mol. The molecule has 1 N–H and O–H groups in total. The van der Waals surface area contributed by atoms with Gasteiger partial charge in [-0.15, -0.1) is 0 Å². The first kappa shape index (κ1) is 27.7. The van der Waals surface area contributed by atoms with E-state index in [0.29, 0.717) is 29.2 Å². The lowest BCUT2D eigenvalue weighted by atomic mass is 10.1. The number of rotatable bonds is 12. The summed E-state index contributed by atoms with van der Waals surface area (Å²) >= 11 is 6.11. The molecule has 2 rings (SSSR count). The number of anilines is 1. The van der Waals surface area contributed by atoms with Crippen LogP contribution in [-0.4, -0.2) is 57.1 Å². The van der Waals surface area contributed by atoms with Gasteiger partial charge in [0, 0.05) is 18.1 Å². The van der Waals surface area contributed by atoms with E-state index in [1.807, 2.05) is 37.3 Å². The van der Waals surface area contributed by atoms with Gasteiger partial charge in [-0.1, -0.05) is 61.3 Å². The van der Waals surface area contributed by atoms with Crippen molar-refractivity contribution in [1.29, 1.82) is 0 Å². The number of aryl methyl sites for hydroxylation is 1.